The molecule has 0 bridgehead atoms. The number of rotatable bonds is 2. The molecule has 82 valence electrons. The van der Waals surface area contributed by atoms with E-state index in [9.17, 15) is 9.59 Å². The Bertz CT molecular complexity index is 313. The molecule has 0 radical (unpaired) electrons. The lowest BCUT2D eigenvalue weighted by atomic mass is 10.2. The van der Waals surface area contributed by atoms with E-state index in [-0.39, 0.29) is 0 Å². The Morgan fingerprint density at radius 1 is 1.13 bits per heavy atom. The molecule has 0 aliphatic heterocycles. The van der Waals surface area contributed by atoms with Crippen molar-refractivity contribution < 1.29 is 9.59 Å². The first-order valence-electron chi connectivity index (χ1n) is 4.14. The van der Waals surface area contributed by atoms with Crippen LogP contribution in [0.3, 0.4) is 0 Å². The number of hydrogen-bond acceptors (Lipinski definition) is 3. The molecule has 3 nitrogen and oxygen atoms in total. The van der Waals surface area contributed by atoms with Crippen LogP contribution in [0.25, 0.3) is 0 Å². The van der Waals surface area contributed by atoms with E-state index < -0.39 is 16.4 Å². The smallest absolute Gasteiger partial charge is 0.233 e. The molecule has 0 atom stereocenters. The molecule has 1 aromatic carbocycles. The Labute approximate surface area is 98.2 Å². The quantitative estimate of drug-likeness (QED) is 0.496. The van der Waals surface area contributed by atoms with Gasteiger partial charge in [0.05, 0.1) is 0 Å². The van der Waals surface area contributed by atoms with Crippen LogP contribution < -0.4 is 5.73 Å². The highest BCUT2D eigenvalue weighted by Crippen LogP contribution is 2.03. The molecule has 15 heavy (non-hydrogen) atoms. The highest BCUT2D eigenvalue weighted by Gasteiger charge is 2.15. The van der Waals surface area contributed by atoms with E-state index in [0.29, 0.717) is 0 Å². The fourth-order valence-corrected chi connectivity index (χ4v) is 0.796. The van der Waals surface area contributed by atoms with Gasteiger partial charge in [-0.2, -0.15) is 0 Å². The molecule has 0 saturated heterocycles. The molecule has 5 heteroatoms. The highest BCUT2D eigenvalue weighted by molar-refractivity contribution is 6.73. The largest absolute Gasteiger partial charge is 0.399 e. The molecular formula is C10H11Cl2NO2. The zero-order valence-electron chi connectivity index (χ0n) is 8.11. The first kappa shape index (κ1) is 13.9. The predicted octanol–water partition coefficient (Wildman–Crippen LogP) is 2.42. The number of carbonyl (C=O) groups excluding carboxylic acids is 2. The summed E-state index contributed by atoms with van der Waals surface area (Å²) in [6, 6.07) is 9.49. The van der Waals surface area contributed by atoms with Gasteiger partial charge in [-0.25, -0.2) is 0 Å². The summed E-state index contributed by atoms with van der Waals surface area (Å²) in [5, 5.41) is -1.44. The number of nitrogens with two attached hydrogens (primary N) is 1. The molecule has 0 spiro atoms. The van der Waals surface area contributed by atoms with Gasteiger partial charge in [-0.15, -0.1) is 0 Å². The Hall–Kier alpha value is -1.06. The third-order valence-electron chi connectivity index (χ3n) is 1.48. The highest BCUT2D eigenvalue weighted by atomic mass is 35.5. The number of benzene rings is 1. The summed E-state index contributed by atoms with van der Waals surface area (Å²) in [4.78, 5) is 20.1. The van der Waals surface area contributed by atoms with Crippen LogP contribution in [0.5, 0.6) is 0 Å². The monoisotopic (exact) mass is 247 g/mol. The van der Waals surface area contributed by atoms with Crippen molar-refractivity contribution in [2.75, 3.05) is 5.73 Å². The molecule has 0 heterocycles. The van der Waals surface area contributed by atoms with Crippen molar-refractivity contribution in [3.05, 3.63) is 30.3 Å². The van der Waals surface area contributed by atoms with Crippen LogP contribution in [0, 0.1) is 5.92 Å². The summed E-state index contributed by atoms with van der Waals surface area (Å²) in [5.41, 5.74) is 6.18. The minimum atomic E-state index is -0.877. The Kier molecular flexibility index (Phi) is 6.75. The number of anilines is 1. The van der Waals surface area contributed by atoms with E-state index in [1.54, 1.807) is 0 Å². The number of para-hydroxylation sites is 1. The van der Waals surface area contributed by atoms with Gasteiger partial charge in [0.2, 0.25) is 10.5 Å². The zero-order chi connectivity index (χ0) is 11.8. The van der Waals surface area contributed by atoms with Crippen molar-refractivity contribution in [3.63, 3.8) is 0 Å². The maximum Gasteiger partial charge on any atom is 0.233 e. The summed E-state index contributed by atoms with van der Waals surface area (Å²) in [6.45, 7) is 1.35. The molecule has 1 aromatic rings. The molecule has 2 N–H and O–H groups in total. The van der Waals surface area contributed by atoms with Gasteiger partial charge in [0.1, 0.15) is 5.92 Å². The van der Waals surface area contributed by atoms with Gasteiger partial charge in [0.25, 0.3) is 0 Å². The Morgan fingerprint density at radius 3 is 1.67 bits per heavy atom. The third kappa shape index (κ3) is 6.94. The fourth-order valence-electron chi connectivity index (χ4n) is 0.542. The van der Waals surface area contributed by atoms with Crippen LogP contribution >= 0.6 is 23.2 Å². The molecule has 0 unspecified atom stereocenters. The van der Waals surface area contributed by atoms with E-state index in [1.165, 1.54) is 6.92 Å². The normalized spacial score (nSPS) is 9.07. The minimum Gasteiger partial charge on any atom is -0.399 e. The van der Waals surface area contributed by atoms with Gasteiger partial charge in [-0.05, 0) is 42.3 Å². The van der Waals surface area contributed by atoms with Crippen LogP contribution in [-0.4, -0.2) is 10.5 Å². The average Bonchev–Trinajstić information content (AvgIpc) is 2.18. The van der Waals surface area contributed by atoms with Crippen LogP contribution in [0.4, 0.5) is 5.69 Å². The zero-order valence-corrected chi connectivity index (χ0v) is 9.63. The minimum absolute atomic E-state index is 0.718. The summed E-state index contributed by atoms with van der Waals surface area (Å²) >= 11 is 9.76. The van der Waals surface area contributed by atoms with Crippen LogP contribution in [0.2, 0.25) is 0 Å². The van der Waals surface area contributed by atoms with Crippen molar-refractivity contribution in [1.82, 2.24) is 0 Å². The van der Waals surface area contributed by atoms with E-state index in [1.807, 2.05) is 30.3 Å². The van der Waals surface area contributed by atoms with Gasteiger partial charge in [-0.3, -0.25) is 9.59 Å². The summed E-state index contributed by atoms with van der Waals surface area (Å²) in [6.07, 6.45) is 0. The van der Waals surface area contributed by atoms with E-state index in [4.69, 9.17) is 28.9 Å². The van der Waals surface area contributed by atoms with Crippen molar-refractivity contribution in [1.29, 1.82) is 0 Å². The SMILES string of the molecule is CC(C(=O)Cl)C(=O)Cl.Nc1ccccc1. The Balaban J connectivity index is 0.000000262. The molecule has 0 saturated carbocycles. The maximum absolute atomic E-state index is 10.0. The first-order valence-corrected chi connectivity index (χ1v) is 4.90. The average molecular weight is 248 g/mol. The molecule has 0 aromatic heterocycles. The van der Waals surface area contributed by atoms with Crippen LogP contribution in [0.1, 0.15) is 6.92 Å². The number of carbonyl (C=O) groups is 2. The van der Waals surface area contributed by atoms with Crippen molar-refractivity contribution in [2.45, 2.75) is 6.92 Å². The molecule has 0 aliphatic carbocycles. The van der Waals surface area contributed by atoms with Crippen molar-refractivity contribution in [2.24, 2.45) is 5.92 Å². The van der Waals surface area contributed by atoms with Gasteiger partial charge in [0.15, 0.2) is 0 Å². The number of halogens is 2. The predicted molar refractivity (Wildman–Crippen MR) is 61.7 cm³/mol. The van der Waals surface area contributed by atoms with Gasteiger partial charge in [-0.1, -0.05) is 18.2 Å². The first-order chi connectivity index (χ1) is 6.95. The lowest BCUT2D eigenvalue weighted by Crippen LogP contribution is -2.10. The number of hydrogen-bond donors (Lipinski definition) is 1. The maximum atomic E-state index is 10.0. The second kappa shape index (κ2) is 7.26. The third-order valence-corrected chi connectivity index (χ3v) is 2.14. The molecule has 0 fully saturated rings. The molecule has 0 aliphatic rings. The van der Waals surface area contributed by atoms with Crippen molar-refractivity contribution >= 4 is 39.4 Å². The standard InChI is InChI=1S/C6H7N.C4H4Cl2O2/c7-6-4-2-1-3-5-6;1-2(3(5)7)4(6)8/h1-5H,7H2;2H,1H3. The van der Waals surface area contributed by atoms with E-state index in [0.717, 1.165) is 5.69 Å². The van der Waals surface area contributed by atoms with Gasteiger partial charge >= 0.3 is 0 Å². The summed E-state index contributed by atoms with van der Waals surface area (Å²) in [5.74, 6) is -0.877. The Morgan fingerprint density at radius 2 is 1.53 bits per heavy atom. The van der Waals surface area contributed by atoms with Gasteiger partial charge in [0, 0.05) is 5.69 Å². The van der Waals surface area contributed by atoms with E-state index in [2.05, 4.69) is 0 Å². The molecule has 1 rings (SSSR count). The van der Waals surface area contributed by atoms with Gasteiger partial charge < -0.3 is 5.73 Å². The fraction of sp³-hybridized carbons (Fsp3) is 0.200. The lowest BCUT2D eigenvalue weighted by molar-refractivity contribution is -0.123. The van der Waals surface area contributed by atoms with Crippen LogP contribution in [0.15, 0.2) is 30.3 Å². The molecular weight excluding hydrogens is 237 g/mol. The summed E-state index contributed by atoms with van der Waals surface area (Å²) in [7, 11) is 0. The van der Waals surface area contributed by atoms with E-state index >= 15 is 0 Å². The van der Waals surface area contributed by atoms with Crippen molar-refractivity contribution in [3.8, 4) is 0 Å². The second-order valence-corrected chi connectivity index (χ2v) is 3.49. The molecule has 0 amide bonds. The second-order valence-electron chi connectivity index (χ2n) is 2.74. The topological polar surface area (TPSA) is 60.2 Å². The lowest BCUT2D eigenvalue weighted by Gasteiger charge is -1.93. The number of nitrogen functional groups attached to an aromatic ring is 1. The summed E-state index contributed by atoms with van der Waals surface area (Å²) < 4.78 is 0. The van der Waals surface area contributed by atoms with Crippen LogP contribution in [-0.2, 0) is 9.59 Å².